The van der Waals surface area contributed by atoms with E-state index in [1.54, 1.807) is 36.4 Å². The molecule has 0 aromatic heterocycles. The highest BCUT2D eigenvalue weighted by Gasteiger charge is 2.38. The number of hydrogen-bond donors (Lipinski definition) is 1. The van der Waals surface area contributed by atoms with E-state index in [-0.39, 0.29) is 22.8 Å². The summed E-state index contributed by atoms with van der Waals surface area (Å²) < 4.78 is 34.6. The third kappa shape index (κ3) is 5.54. The van der Waals surface area contributed by atoms with E-state index in [2.05, 4.69) is 26.1 Å². The quantitative estimate of drug-likeness (QED) is 0.554. The molecule has 0 saturated heterocycles. The minimum absolute atomic E-state index is 0.0700. The summed E-state index contributed by atoms with van der Waals surface area (Å²) in [4.78, 5) is 13.2. The largest absolute Gasteiger partial charge is 0.476 e. The molecule has 1 heterocycles. The van der Waals surface area contributed by atoms with Crippen molar-refractivity contribution in [1.29, 1.82) is 0 Å². The van der Waals surface area contributed by atoms with E-state index in [0.717, 1.165) is 11.3 Å². The van der Waals surface area contributed by atoms with Crippen LogP contribution in [0.25, 0.3) is 0 Å². The minimum Gasteiger partial charge on any atom is -0.476 e. The Morgan fingerprint density at radius 3 is 2.50 bits per heavy atom. The zero-order valence-corrected chi connectivity index (χ0v) is 21.8. The number of nitrogens with one attached hydrogen (secondary N) is 1. The van der Waals surface area contributed by atoms with Crippen molar-refractivity contribution < 1.29 is 17.9 Å². The topological polar surface area (TPSA) is 75.7 Å². The highest BCUT2D eigenvalue weighted by Crippen LogP contribution is 2.40. The highest BCUT2D eigenvalue weighted by molar-refractivity contribution is 7.99. The van der Waals surface area contributed by atoms with Crippen LogP contribution in [-0.2, 0) is 20.2 Å². The van der Waals surface area contributed by atoms with E-state index in [9.17, 15) is 13.2 Å². The van der Waals surface area contributed by atoms with Gasteiger partial charge in [0.2, 0.25) is 0 Å². The molecule has 4 rings (SSSR count). The van der Waals surface area contributed by atoms with Crippen molar-refractivity contribution in [1.82, 2.24) is 5.32 Å². The Morgan fingerprint density at radius 1 is 1.12 bits per heavy atom. The second kappa shape index (κ2) is 10.2. The number of hydrogen-bond acceptors (Lipinski definition) is 5. The van der Waals surface area contributed by atoms with Gasteiger partial charge in [-0.05, 0) is 48.1 Å². The average Bonchev–Trinajstić information content (AvgIpc) is 3.34. The van der Waals surface area contributed by atoms with Gasteiger partial charge in [-0.15, -0.1) is 0 Å². The molecule has 2 aromatic carbocycles. The van der Waals surface area contributed by atoms with E-state index in [4.69, 9.17) is 4.74 Å². The maximum Gasteiger partial charge on any atom is 0.264 e. The molecule has 0 radical (unpaired) electrons. The van der Waals surface area contributed by atoms with Crippen molar-refractivity contribution in [3.63, 3.8) is 0 Å². The predicted molar refractivity (Wildman–Crippen MR) is 138 cm³/mol. The van der Waals surface area contributed by atoms with Crippen LogP contribution in [0, 0.1) is 0 Å². The van der Waals surface area contributed by atoms with Gasteiger partial charge < -0.3 is 10.1 Å². The van der Waals surface area contributed by atoms with E-state index in [0.29, 0.717) is 23.2 Å². The summed E-state index contributed by atoms with van der Waals surface area (Å²) in [6, 6.07) is 13.9. The summed E-state index contributed by atoms with van der Waals surface area (Å²) >= 11 is 1.91. The Morgan fingerprint density at radius 2 is 1.82 bits per heavy atom. The zero-order chi connectivity index (χ0) is 24.3. The van der Waals surface area contributed by atoms with Crippen molar-refractivity contribution in [2.45, 2.75) is 68.1 Å². The molecule has 6 nitrogen and oxygen atoms in total. The average molecular weight is 503 g/mol. The Labute approximate surface area is 207 Å². The monoisotopic (exact) mass is 502 g/mol. The maximum atomic E-state index is 13.6. The first-order chi connectivity index (χ1) is 16.2. The number of sulfonamides is 1. The molecule has 2 aliphatic rings. The molecule has 0 bridgehead atoms. The smallest absolute Gasteiger partial charge is 0.264 e. The first-order valence-electron chi connectivity index (χ1n) is 11.9. The number of ether oxygens (including phenoxy) is 1. The summed E-state index contributed by atoms with van der Waals surface area (Å²) in [6.07, 6.45) is 4.18. The lowest BCUT2D eigenvalue weighted by Crippen LogP contribution is -2.51. The summed E-state index contributed by atoms with van der Waals surface area (Å²) in [5.74, 6) is 0.964. The Balaban J connectivity index is 1.56. The van der Waals surface area contributed by atoms with E-state index in [1.165, 1.54) is 30.0 Å². The van der Waals surface area contributed by atoms with Crippen molar-refractivity contribution >= 4 is 33.4 Å². The van der Waals surface area contributed by atoms with Crippen LogP contribution in [0.1, 0.15) is 52.0 Å². The van der Waals surface area contributed by atoms with Crippen molar-refractivity contribution in [2.24, 2.45) is 0 Å². The first-order valence-corrected chi connectivity index (χ1v) is 14.4. The third-order valence-corrected chi connectivity index (χ3v) is 9.55. The second-order valence-electron chi connectivity index (χ2n) is 9.96. The fourth-order valence-electron chi connectivity index (χ4n) is 4.37. The van der Waals surface area contributed by atoms with E-state index in [1.807, 2.05) is 23.9 Å². The van der Waals surface area contributed by atoms with Gasteiger partial charge >= 0.3 is 0 Å². The third-order valence-electron chi connectivity index (χ3n) is 6.38. The van der Waals surface area contributed by atoms with Crippen molar-refractivity contribution in [3.8, 4) is 5.75 Å². The number of carbonyl (C=O) groups excluding carboxylic acids is 1. The summed E-state index contributed by atoms with van der Waals surface area (Å²) in [5, 5.41) is 3.64. The standard InChI is InChI=1S/C26H34N2O4S2/c1-26(2,3)19-13-14-23-22(17-19)28(34(30,31)21-11-5-4-6-12-21)18-24(32-23)25(29)27-15-16-33-20-9-7-8-10-20/h4-6,11-14,17,20,24H,7-10,15-16,18H2,1-3H3,(H,27,29)/t24-/m1/s1. The number of thioether (sulfide) groups is 1. The summed E-state index contributed by atoms with van der Waals surface area (Å²) in [7, 11) is -3.87. The molecule has 0 spiro atoms. The van der Waals surface area contributed by atoms with Crippen LogP contribution in [0.2, 0.25) is 0 Å². The molecule has 0 unspecified atom stereocenters. The van der Waals surface area contributed by atoms with Gasteiger partial charge in [-0.3, -0.25) is 9.10 Å². The molecular formula is C26H34N2O4S2. The van der Waals surface area contributed by atoms with Crippen LogP contribution in [-0.4, -0.2) is 44.5 Å². The predicted octanol–water partition coefficient (Wildman–Crippen LogP) is 4.73. The number of anilines is 1. The van der Waals surface area contributed by atoms with Gasteiger partial charge in [0.1, 0.15) is 5.75 Å². The molecule has 8 heteroatoms. The molecule has 184 valence electrons. The fourth-order valence-corrected chi connectivity index (χ4v) is 7.08. The lowest BCUT2D eigenvalue weighted by Gasteiger charge is -2.36. The molecule has 1 aliphatic heterocycles. The lowest BCUT2D eigenvalue weighted by molar-refractivity contribution is -0.127. The molecule has 1 N–H and O–H groups in total. The van der Waals surface area contributed by atoms with Gasteiger partial charge in [-0.25, -0.2) is 8.42 Å². The van der Waals surface area contributed by atoms with Crippen LogP contribution >= 0.6 is 11.8 Å². The van der Waals surface area contributed by atoms with Gasteiger partial charge in [-0.1, -0.05) is 57.9 Å². The SMILES string of the molecule is CC(C)(C)c1ccc2c(c1)N(S(=O)(=O)c1ccccc1)C[C@H](C(=O)NCCSC1CCCC1)O2. The Hall–Kier alpha value is -2.19. The number of amides is 1. The van der Waals surface area contributed by atoms with Crippen LogP contribution in [0.5, 0.6) is 5.75 Å². The molecule has 2 aromatic rings. The molecule has 1 saturated carbocycles. The Bertz CT molecular complexity index is 1110. The Kier molecular flexibility index (Phi) is 7.48. The molecule has 1 atom stereocenters. The number of rotatable bonds is 7. The van der Waals surface area contributed by atoms with Gasteiger partial charge in [0.15, 0.2) is 6.10 Å². The van der Waals surface area contributed by atoms with Crippen molar-refractivity contribution in [2.75, 3.05) is 23.1 Å². The first kappa shape index (κ1) is 24.9. The zero-order valence-electron chi connectivity index (χ0n) is 20.1. The minimum atomic E-state index is -3.87. The molecule has 1 amide bonds. The number of fused-ring (bicyclic) bond motifs is 1. The lowest BCUT2D eigenvalue weighted by atomic mass is 9.86. The maximum absolute atomic E-state index is 13.6. The summed E-state index contributed by atoms with van der Waals surface area (Å²) in [6.45, 7) is 6.71. The van der Waals surface area contributed by atoms with E-state index >= 15 is 0 Å². The number of benzene rings is 2. The molecule has 1 aliphatic carbocycles. The van der Waals surface area contributed by atoms with Crippen LogP contribution in [0.3, 0.4) is 0 Å². The molecule has 1 fully saturated rings. The number of nitrogens with zero attached hydrogens (tertiary/aromatic N) is 1. The van der Waals surface area contributed by atoms with Gasteiger partial charge in [-0.2, -0.15) is 11.8 Å². The van der Waals surface area contributed by atoms with Gasteiger partial charge in [0.25, 0.3) is 15.9 Å². The van der Waals surface area contributed by atoms with Crippen LogP contribution in [0.4, 0.5) is 5.69 Å². The molecular weight excluding hydrogens is 468 g/mol. The number of carbonyl (C=O) groups is 1. The van der Waals surface area contributed by atoms with Crippen molar-refractivity contribution in [3.05, 3.63) is 54.1 Å². The van der Waals surface area contributed by atoms with Gasteiger partial charge in [0.05, 0.1) is 17.1 Å². The van der Waals surface area contributed by atoms with E-state index < -0.39 is 16.1 Å². The highest BCUT2D eigenvalue weighted by atomic mass is 32.2. The van der Waals surface area contributed by atoms with Crippen LogP contribution in [0.15, 0.2) is 53.4 Å². The second-order valence-corrected chi connectivity index (χ2v) is 13.2. The summed E-state index contributed by atoms with van der Waals surface area (Å²) in [5.41, 5.74) is 1.30. The van der Waals surface area contributed by atoms with Crippen LogP contribution < -0.4 is 14.4 Å². The molecule has 34 heavy (non-hydrogen) atoms. The normalized spacial score (nSPS) is 18.9. The van der Waals surface area contributed by atoms with Gasteiger partial charge in [0, 0.05) is 17.5 Å². The fraction of sp³-hybridized carbons (Fsp3) is 0.500.